The number of benzene rings is 1. The van der Waals surface area contributed by atoms with E-state index in [1.54, 1.807) is 6.07 Å². The van der Waals surface area contributed by atoms with Crippen LogP contribution in [0.3, 0.4) is 0 Å². The van der Waals surface area contributed by atoms with Crippen LogP contribution in [-0.4, -0.2) is 15.9 Å². The number of nitrogens with zero attached hydrogens (tertiary/aromatic N) is 2. The van der Waals surface area contributed by atoms with E-state index in [-0.39, 0.29) is 16.5 Å². The first-order valence-corrected chi connectivity index (χ1v) is 5.08. The lowest BCUT2D eigenvalue weighted by atomic mass is 10.2. The van der Waals surface area contributed by atoms with E-state index in [4.69, 9.17) is 11.6 Å². The topological polar surface area (TPSA) is 54.9 Å². The molecule has 0 bridgehead atoms. The van der Waals surface area contributed by atoms with Gasteiger partial charge in [0.05, 0.1) is 5.02 Å². The molecular formula is C11H7ClFN3O. The van der Waals surface area contributed by atoms with Crippen molar-refractivity contribution in [1.29, 1.82) is 0 Å². The quantitative estimate of drug-likeness (QED) is 0.892. The molecule has 86 valence electrons. The maximum atomic E-state index is 12.9. The summed E-state index contributed by atoms with van der Waals surface area (Å²) in [6, 6.07) is 5.34. The van der Waals surface area contributed by atoms with Gasteiger partial charge in [-0.2, -0.15) is 0 Å². The molecule has 0 atom stereocenters. The van der Waals surface area contributed by atoms with Crippen LogP contribution in [0.15, 0.2) is 36.7 Å². The van der Waals surface area contributed by atoms with Crippen molar-refractivity contribution in [2.24, 2.45) is 0 Å². The average molecular weight is 252 g/mol. The van der Waals surface area contributed by atoms with Crippen LogP contribution >= 0.6 is 11.6 Å². The molecular weight excluding hydrogens is 245 g/mol. The molecule has 1 aromatic heterocycles. The van der Waals surface area contributed by atoms with E-state index in [0.717, 1.165) is 6.07 Å². The largest absolute Gasteiger partial charge is 0.290 e. The third-order valence-corrected chi connectivity index (χ3v) is 2.26. The van der Waals surface area contributed by atoms with E-state index in [1.807, 2.05) is 0 Å². The summed E-state index contributed by atoms with van der Waals surface area (Å²) in [5, 5.41) is 2.36. The summed E-state index contributed by atoms with van der Waals surface area (Å²) in [6.07, 6.45) is 3.00. The zero-order chi connectivity index (χ0) is 12.3. The highest BCUT2D eigenvalue weighted by molar-refractivity contribution is 6.31. The second-order valence-corrected chi connectivity index (χ2v) is 3.56. The van der Waals surface area contributed by atoms with Gasteiger partial charge in [-0.25, -0.2) is 14.4 Å². The number of hydrogen-bond donors (Lipinski definition) is 1. The van der Waals surface area contributed by atoms with Crippen LogP contribution in [0.25, 0.3) is 0 Å². The number of halogens is 2. The van der Waals surface area contributed by atoms with Crippen LogP contribution in [0.4, 0.5) is 10.3 Å². The number of aromatic nitrogens is 2. The summed E-state index contributed by atoms with van der Waals surface area (Å²) >= 11 is 5.57. The van der Waals surface area contributed by atoms with Crippen LogP contribution in [0, 0.1) is 5.82 Å². The lowest BCUT2D eigenvalue weighted by Crippen LogP contribution is -2.13. The van der Waals surface area contributed by atoms with Crippen molar-refractivity contribution < 1.29 is 9.18 Å². The van der Waals surface area contributed by atoms with Crippen molar-refractivity contribution in [3.63, 3.8) is 0 Å². The number of carbonyl (C=O) groups excluding carboxylic acids is 1. The molecule has 0 saturated heterocycles. The van der Waals surface area contributed by atoms with E-state index in [2.05, 4.69) is 15.3 Å². The fourth-order valence-electron chi connectivity index (χ4n) is 1.17. The Morgan fingerprint density at radius 3 is 2.65 bits per heavy atom. The predicted molar refractivity (Wildman–Crippen MR) is 61.4 cm³/mol. The Kier molecular flexibility index (Phi) is 3.30. The Labute approximate surface area is 101 Å². The second kappa shape index (κ2) is 4.88. The summed E-state index contributed by atoms with van der Waals surface area (Å²) in [5.74, 6) is -0.838. The van der Waals surface area contributed by atoms with Crippen molar-refractivity contribution in [2.45, 2.75) is 0 Å². The summed E-state index contributed by atoms with van der Waals surface area (Å²) < 4.78 is 12.9. The Bertz CT molecular complexity index is 548. The van der Waals surface area contributed by atoms with Gasteiger partial charge in [0.2, 0.25) is 5.95 Å². The zero-order valence-corrected chi connectivity index (χ0v) is 9.28. The molecule has 1 amide bonds. The molecule has 0 unspecified atom stereocenters. The lowest BCUT2D eigenvalue weighted by Gasteiger charge is -2.03. The number of nitrogens with one attached hydrogen (secondary N) is 1. The summed E-state index contributed by atoms with van der Waals surface area (Å²) in [6.45, 7) is 0. The van der Waals surface area contributed by atoms with Gasteiger partial charge in [0.15, 0.2) is 0 Å². The fraction of sp³-hybridized carbons (Fsp3) is 0. The summed E-state index contributed by atoms with van der Waals surface area (Å²) in [4.78, 5) is 19.4. The molecule has 0 spiro atoms. The maximum Gasteiger partial charge on any atom is 0.258 e. The molecule has 2 aromatic rings. The predicted octanol–water partition coefficient (Wildman–Crippen LogP) is 2.52. The van der Waals surface area contributed by atoms with Gasteiger partial charge in [-0.15, -0.1) is 0 Å². The average Bonchev–Trinajstić information content (AvgIpc) is 2.34. The molecule has 0 aliphatic rings. The number of rotatable bonds is 2. The molecule has 6 heteroatoms. The molecule has 2 rings (SSSR count). The van der Waals surface area contributed by atoms with E-state index in [0.29, 0.717) is 0 Å². The number of carbonyl (C=O) groups is 1. The van der Waals surface area contributed by atoms with Gasteiger partial charge in [-0.05, 0) is 24.3 Å². The van der Waals surface area contributed by atoms with Crippen molar-refractivity contribution in [2.75, 3.05) is 5.32 Å². The number of anilines is 1. The third kappa shape index (κ3) is 2.76. The highest BCUT2D eigenvalue weighted by Crippen LogP contribution is 2.16. The summed E-state index contributed by atoms with van der Waals surface area (Å²) in [5.41, 5.74) is 0.240. The Morgan fingerprint density at radius 2 is 2.00 bits per heavy atom. The second-order valence-electron chi connectivity index (χ2n) is 3.16. The molecule has 0 radical (unpaired) electrons. The van der Waals surface area contributed by atoms with E-state index >= 15 is 0 Å². The molecule has 1 N–H and O–H groups in total. The van der Waals surface area contributed by atoms with Gasteiger partial charge in [0.25, 0.3) is 5.91 Å². The molecule has 0 aliphatic carbocycles. The highest BCUT2D eigenvalue weighted by atomic mass is 35.5. The maximum absolute atomic E-state index is 12.9. The van der Waals surface area contributed by atoms with Gasteiger partial charge < -0.3 is 0 Å². The van der Waals surface area contributed by atoms with Crippen LogP contribution < -0.4 is 5.32 Å². The monoisotopic (exact) mass is 251 g/mol. The van der Waals surface area contributed by atoms with E-state index in [9.17, 15) is 9.18 Å². The number of hydrogen-bond acceptors (Lipinski definition) is 3. The van der Waals surface area contributed by atoms with E-state index < -0.39 is 11.7 Å². The number of amides is 1. The van der Waals surface area contributed by atoms with Crippen molar-refractivity contribution in [3.05, 3.63) is 53.1 Å². The minimum absolute atomic E-state index is 0.105. The Hall–Kier alpha value is -2.01. The van der Waals surface area contributed by atoms with Crippen molar-refractivity contribution >= 4 is 23.5 Å². The molecule has 0 aliphatic heterocycles. The normalized spacial score (nSPS) is 10.0. The third-order valence-electron chi connectivity index (χ3n) is 1.97. The van der Waals surface area contributed by atoms with Gasteiger partial charge in [0.1, 0.15) is 5.82 Å². The zero-order valence-electron chi connectivity index (χ0n) is 8.52. The molecule has 1 aromatic carbocycles. The van der Waals surface area contributed by atoms with Crippen LogP contribution in [-0.2, 0) is 0 Å². The van der Waals surface area contributed by atoms with Crippen LogP contribution in [0.5, 0.6) is 0 Å². The summed E-state index contributed by atoms with van der Waals surface area (Å²) in [7, 11) is 0. The molecule has 0 fully saturated rings. The van der Waals surface area contributed by atoms with Crippen molar-refractivity contribution in [3.8, 4) is 0 Å². The first-order chi connectivity index (χ1) is 8.16. The van der Waals surface area contributed by atoms with E-state index in [1.165, 1.54) is 24.5 Å². The standard InChI is InChI=1S/C11H7ClFN3O/c12-8-6-7(2-3-9(8)13)10(17)16-11-14-4-1-5-15-11/h1-6H,(H,14,15,16,17). The molecule has 0 saturated carbocycles. The highest BCUT2D eigenvalue weighted by Gasteiger charge is 2.09. The molecule has 1 heterocycles. The smallest absolute Gasteiger partial charge is 0.258 e. The van der Waals surface area contributed by atoms with Gasteiger partial charge in [-0.1, -0.05) is 11.6 Å². The van der Waals surface area contributed by atoms with Gasteiger partial charge in [-0.3, -0.25) is 10.1 Å². The minimum atomic E-state index is -0.570. The lowest BCUT2D eigenvalue weighted by molar-refractivity contribution is 0.102. The Balaban J connectivity index is 2.18. The van der Waals surface area contributed by atoms with Gasteiger partial charge >= 0.3 is 0 Å². The minimum Gasteiger partial charge on any atom is -0.290 e. The van der Waals surface area contributed by atoms with Crippen molar-refractivity contribution in [1.82, 2.24) is 9.97 Å². The van der Waals surface area contributed by atoms with Gasteiger partial charge in [0, 0.05) is 18.0 Å². The van der Waals surface area contributed by atoms with Crippen LogP contribution in [0.2, 0.25) is 5.02 Å². The Morgan fingerprint density at radius 1 is 1.29 bits per heavy atom. The molecule has 17 heavy (non-hydrogen) atoms. The first-order valence-electron chi connectivity index (χ1n) is 4.70. The first kappa shape index (κ1) is 11.5. The fourth-order valence-corrected chi connectivity index (χ4v) is 1.36. The SMILES string of the molecule is O=C(Nc1ncccn1)c1ccc(F)c(Cl)c1. The van der Waals surface area contributed by atoms with Crippen LogP contribution in [0.1, 0.15) is 10.4 Å². The molecule has 4 nitrogen and oxygen atoms in total.